The molecule has 0 aliphatic carbocycles. The maximum atomic E-state index is 12.9. The maximum absolute atomic E-state index is 12.9. The molecule has 1 N–H and O–H groups in total. The topological polar surface area (TPSA) is 69.7 Å². The summed E-state index contributed by atoms with van der Waals surface area (Å²) in [6.45, 7) is 3.37. The van der Waals surface area contributed by atoms with Crippen molar-refractivity contribution in [2.24, 2.45) is 5.92 Å². The third-order valence-corrected chi connectivity index (χ3v) is 8.14. The summed E-state index contributed by atoms with van der Waals surface area (Å²) in [4.78, 5) is 15.4. The van der Waals surface area contributed by atoms with Crippen molar-refractivity contribution in [1.29, 1.82) is 0 Å². The minimum Gasteiger partial charge on any atom is -0.372 e. The van der Waals surface area contributed by atoms with E-state index in [-0.39, 0.29) is 23.3 Å². The Bertz CT molecular complexity index is 971. The van der Waals surface area contributed by atoms with E-state index in [0.717, 1.165) is 18.7 Å². The van der Waals surface area contributed by atoms with Gasteiger partial charge in [-0.1, -0.05) is 30.3 Å². The normalized spacial score (nSPS) is 20.4. The molecule has 31 heavy (non-hydrogen) atoms. The molecule has 166 valence electrons. The van der Waals surface area contributed by atoms with Gasteiger partial charge in [-0.3, -0.25) is 4.79 Å². The summed E-state index contributed by atoms with van der Waals surface area (Å²) in [6.07, 6.45) is 5.20. The van der Waals surface area contributed by atoms with E-state index in [1.165, 1.54) is 29.3 Å². The average Bonchev–Trinajstić information content (AvgIpc) is 2.84. The van der Waals surface area contributed by atoms with Crippen LogP contribution in [0.15, 0.2) is 59.5 Å². The standard InChI is InChI=1S/C24H31N3O3S/c28-24(25-18-20-11-13-22(14-12-20)26-15-5-2-6-16-26)21-8-7-17-27(19-21)31(29,30)23-9-3-1-4-10-23/h1,3-4,9-14,21H,2,5-8,15-19H2,(H,25,28). The number of carbonyl (C=O) groups is 1. The van der Waals surface area contributed by atoms with Crippen LogP contribution in [0.1, 0.15) is 37.7 Å². The van der Waals surface area contributed by atoms with Gasteiger partial charge in [0.2, 0.25) is 15.9 Å². The van der Waals surface area contributed by atoms with Crippen molar-refractivity contribution in [2.75, 3.05) is 31.1 Å². The largest absolute Gasteiger partial charge is 0.372 e. The SMILES string of the molecule is O=C(NCc1ccc(N2CCCCC2)cc1)C1CCCN(S(=O)(=O)c2ccccc2)C1. The molecule has 2 aliphatic heterocycles. The highest BCUT2D eigenvalue weighted by Gasteiger charge is 2.33. The number of rotatable bonds is 6. The Balaban J connectivity index is 1.32. The summed E-state index contributed by atoms with van der Waals surface area (Å²) in [5.41, 5.74) is 2.29. The van der Waals surface area contributed by atoms with E-state index in [0.29, 0.717) is 25.9 Å². The summed E-state index contributed by atoms with van der Waals surface area (Å²) in [6, 6.07) is 16.8. The van der Waals surface area contributed by atoms with Gasteiger partial charge in [0.25, 0.3) is 0 Å². The number of nitrogens with one attached hydrogen (secondary N) is 1. The van der Waals surface area contributed by atoms with Gasteiger partial charge >= 0.3 is 0 Å². The summed E-state index contributed by atoms with van der Waals surface area (Å²) in [5, 5.41) is 3.01. The Morgan fingerprint density at radius 2 is 1.61 bits per heavy atom. The van der Waals surface area contributed by atoms with Gasteiger partial charge < -0.3 is 10.2 Å². The molecule has 4 rings (SSSR count). The molecule has 0 bridgehead atoms. The van der Waals surface area contributed by atoms with E-state index in [9.17, 15) is 13.2 Å². The van der Waals surface area contributed by atoms with E-state index >= 15 is 0 Å². The number of piperidine rings is 2. The van der Waals surface area contributed by atoms with Crippen molar-refractivity contribution in [3.8, 4) is 0 Å². The highest BCUT2D eigenvalue weighted by molar-refractivity contribution is 7.89. The van der Waals surface area contributed by atoms with E-state index in [2.05, 4.69) is 34.5 Å². The van der Waals surface area contributed by atoms with E-state index in [1.807, 2.05) is 0 Å². The van der Waals surface area contributed by atoms with Crippen LogP contribution in [0.25, 0.3) is 0 Å². The van der Waals surface area contributed by atoms with Gasteiger partial charge in [0, 0.05) is 38.4 Å². The first kappa shape index (κ1) is 21.8. The molecular weight excluding hydrogens is 410 g/mol. The van der Waals surface area contributed by atoms with Crippen LogP contribution in [-0.2, 0) is 21.4 Å². The summed E-state index contributed by atoms with van der Waals surface area (Å²) in [7, 11) is -3.56. The molecule has 0 radical (unpaired) electrons. The van der Waals surface area contributed by atoms with Crippen LogP contribution in [-0.4, -0.2) is 44.8 Å². The van der Waals surface area contributed by atoms with Crippen molar-refractivity contribution < 1.29 is 13.2 Å². The van der Waals surface area contributed by atoms with E-state index in [1.54, 1.807) is 30.3 Å². The molecule has 1 unspecified atom stereocenters. The molecule has 2 saturated heterocycles. The lowest BCUT2D eigenvalue weighted by atomic mass is 9.98. The Labute approximate surface area is 185 Å². The molecule has 2 aliphatic rings. The monoisotopic (exact) mass is 441 g/mol. The average molecular weight is 442 g/mol. The van der Waals surface area contributed by atoms with Crippen LogP contribution in [0.5, 0.6) is 0 Å². The molecule has 0 spiro atoms. The van der Waals surface area contributed by atoms with Crippen LogP contribution in [0, 0.1) is 5.92 Å². The first-order chi connectivity index (χ1) is 15.0. The minimum atomic E-state index is -3.56. The number of hydrogen-bond acceptors (Lipinski definition) is 4. The van der Waals surface area contributed by atoms with Crippen molar-refractivity contribution in [2.45, 2.75) is 43.5 Å². The van der Waals surface area contributed by atoms with Crippen LogP contribution in [0.3, 0.4) is 0 Å². The number of benzene rings is 2. The number of hydrogen-bond donors (Lipinski definition) is 1. The van der Waals surface area contributed by atoms with Crippen molar-refractivity contribution in [1.82, 2.24) is 9.62 Å². The lowest BCUT2D eigenvalue weighted by Gasteiger charge is -2.31. The first-order valence-corrected chi connectivity index (χ1v) is 12.6. The van der Waals surface area contributed by atoms with Gasteiger partial charge in [-0.05, 0) is 61.9 Å². The smallest absolute Gasteiger partial charge is 0.243 e. The Morgan fingerprint density at radius 1 is 0.903 bits per heavy atom. The minimum absolute atomic E-state index is 0.0759. The molecule has 2 aromatic rings. The predicted molar refractivity (Wildman–Crippen MR) is 122 cm³/mol. The van der Waals surface area contributed by atoms with Crippen molar-refractivity contribution >= 4 is 21.6 Å². The number of carbonyl (C=O) groups excluding carboxylic acids is 1. The lowest BCUT2D eigenvalue weighted by Crippen LogP contribution is -2.45. The maximum Gasteiger partial charge on any atom is 0.243 e. The molecule has 2 fully saturated rings. The summed E-state index contributed by atoms with van der Waals surface area (Å²) in [5.74, 6) is -0.395. The zero-order chi connectivity index (χ0) is 21.7. The fourth-order valence-electron chi connectivity index (χ4n) is 4.43. The van der Waals surface area contributed by atoms with Gasteiger partial charge in [-0.2, -0.15) is 4.31 Å². The quantitative estimate of drug-likeness (QED) is 0.746. The van der Waals surface area contributed by atoms with Crippen LogP contribution >= 0.6 is 0 Å². The molecular formula is C24H31N3O3S. The lowest BCUT2D eigenvalue weighted by molar-refractivity contribution is -0.126. The molecule has 2 heterocycles. The highest BCUT2D eigenvalue weighted by Crippen LogP contribution is 2.24. The zero-order valence-electron chi connectivity index (χ0n) is 17.9. The second-order valence-corrected chi connectivity index (χ2v) is 10.4. The summed E-state index contributed by atoms with van der Waals surface area (Å²) >= 11 is 0. The van der Waals surface area contributed by atoms with Crippen LogP contribution < -0.4 is 10.2 Å². The van der Waals surface area contributed by atoms with Gasteiger partial charge in [-0.25, -0.2) is 8.42 Å². The second kappa shape index (κ2) is 9.83. The van der Waals surface area contributed by atoms with Gasteiger partial charge in [0.05, 0.1) is 10.8 Å². The van der Waals surface area contributed by atoms with Crippen LogP contribution in [0.2, 0.25) is 0 Å². The molecule has 7 heteroatoms. The number of anilines is 1. The second-order valence-electron chi connectivity index (χ2n) is 8.45. The fourth-order valence-corrected chi connectivity index (χ4v) is 5.97. The third kappa shape index (κ3) is 5.28. The number of sulfonamides is 1. The predicted octanol–water partition coefficient (Wildman–Crippen LogP) is 3.39. The Kier molecular flexibility index (Phi) is 6.92. The first-order valence-electron chi connectivity index (χ1n) is 11.2. The Hall–Kier alpha value is -2.38. The van der Waals surface area contributed by atoms with Gasteiger partial charge in [-0.15, -0.1) is 0 Å². The van der Waals surface area contributed by atoms with Crippen molar-refractivity contribution in [3.63, 3.8) is 0 Å². The van der Waals surface area contributed by atoms with Crippen molar-refractivity contribution in [3.05, 3.63) is 60.2 Å². The molecule has 2 aromatic carbocycles. The number of nitrogens with zero attached hydrogens (tertiary/aromatic N) is 2. The molecule has 1 amide bonds. The molecule has 0 saturated carbocycles. The van der Waals surface area contributed by atoms with E-state index < -0.39 is 10.0 Å². The van der Waals surface area contributed by atoms with Gasteiger partial charge in [0.1, 0.15) is 0 Å². The van der Waals surface area contributed by atoms with Gasteiger partial charge in [0.15, 0.2) is 0 Å². The highest BCUT2D eigenvalue weighted by atomic mass is 32.2. The van der Waals surface area contributed by atoms with E-state index in [4.69, 9.17) is 0 Å². The number of amides is 1. The van der Waals surface area contributed by atoms with Crippen LogP contribution in [0.4, 0.5) is 5.69 Å². The molecule has 0 aromatic heterocycles. The molecule has 6 nitrogen and oxygen atoms in total. The zero-order valence-corrected chi connectivity index (χ0v) is 18.7. The fraction of sp³-hybridized carbons (Fsp3) is 0.458. The Morgan fingerprint density at radius 3 is 2.32 bits per heavy atom. The third-order valence-electron chi connectivity index (χ3n) is 6.26. The molecule has 1 atom stereocenters. The summed E-state index contributed by atoms with van der Waals surface area (Å²) < 4.78 is 27.2.